The van der Waals surface area contributed by atoms with E-state index in [0.29, 0.717) is 5.92 Å². The van der Waals surface area contributed by atoms with Gasteiger partial charge in [-0.05, 0) is 22.3 Å². The Bertz CT molecular complexity index is 310. The SMILES string of the molecule is CC1(C)C(C(O)c2cccs2)C1(C)C. The van der Waals surface area contributed by atoms with Crippen LogP contribution in [0.4, 0.5) is 0 Å². The minimum atomic E-state index is -0.278. The highest BCUT2D eigenvalue weighted by Crippen LogP contribution is 2.72. The van der Waals surface area contributed by atoms with Gasteiger partial charge in [0.25, 0.3) is 0 Å². The van der Waals surface area contributed by atoms with Crippen molar-refractivity contribution >= 4 is 11.3 Å². The van der Waals surface area contributed by atoms with Crippen LogP contribution in [0.15, 0.2) is 17.5 Å². The minimum Gasteiger partial charge on any atom is -0.387 e. The van der Waals surface area contributed by atoms with Crippen molar-refractivity contribution < 1.29 is 5.11 Å². The Labute approximate surface area is 89.8 Å². The molecule has 1 unspecified atom stereocenters. The van der Waals surface area contributed by atoms with Gasteiger partial charge in [-0.25, -0.2) is 0 Å². The van der Waals surface area contributed by atoms with Crippen LogP contribution < -0.4 is 0 Å². The fourth-order valence-corrected chi connectivity index (χ4v) is 3.41. The normalized spacial score (nSPS) is 26.1. The summed E-state index contributed by atoms with van der Waals surface area (Å²) >= 11 is 1.65. The summed E-state index contributed by atoms with van der Waals surface area (Å²) in [6.07, 6.45) is -0.278. The smallest absolute Gasteiger partial charge is 0.0920 e. The van der Waals surface area contributed by atoms with Crippen molar-refractivity contribution in [3.8, 4) is 0 Å². The molecule has 1 aliphatic rings. The fraction of sp³-hybridized carbons (Fsp3) is 0.667. The van der Waals surface area contributed by atoms with E-state index in [1.807, 2.05) is 17.5 Å². The van der Waals surface area contributed by atoms with Gasteiger partial charge in [0.1, 0.15) is 0 Å². The second-order valence-electron chi connectivity index (χ2n) is 5.38. The Morgan fingerprint density at radius 1 is 1.29 bits per heavy atom. The van der Waals surface area contributed by atoms with Crippen molar-refractivity contribution in [2.45, 2.75) is 33.8 Å². The predicted octanol–water partition coefficient (Wildman–Crippen LogP) is 3.46. The summed E-state index contributed by atoms with van der Waals surface area (Å²) in [5.41, 5.74) is 0.521. The lowest BCUT2D eigenvalue weighted by Crippen LogP contribution is -2.03. The summed E-state index contributed by atoms with van der Waals surface area (Å²) in [6, 6.07) is 4.03. The van der Waals surface area contributed by atoms with Crippen LogP contribution in [0.25, 0.3) is 0 Å². The van der Waals surface area contributed by atoms with Crippen molar-refractivity contribution in [3.05, 3.63) is 22.4 Å². The monoisotopic (exact) mass is 210 g/mol. The van der Waals surface area contributed by atoms with Crippen LogP contribution in [0.2, 0.25) is 0 Å². The quantitative estimate of drug-likeness (QED) is 0.792. The number of aliphatic hydroxyl groups excluding tert-OH is 1. The molecule has 1 N–H and O–H groups in total. The van der Waals surface area contributed by atoms with Crippen LogP contribution in [0.1, 0.15) is 38.7 Å². The average Bonchev–Trinajstić information content (AvgIpc) is 2.53. The van der Waals surface area contributed by atoms with Gasteiger partial charge in [0.2, 0.25) is 0 Å². The Morgan fingerprint density at radius 3 is 2.21 bits per heavy atom. The Balaban J connectivity index is 2.20. The van der Waals surface area contributed by atoms with Gasteiger partial charge in [0.15, 0.2) is 0 Å². The lowest BCUT2D eigenvalue weighted by Gasteiger charge is -2.10. The van der Waals surface area contributed by atoms with Gasteiger partial charge in [-0.15, -0.1) is 11.3 Å². The molecular formula is C12H18OS. The van der Waals surface area contributed by atoms with Crippen LogP contribution in [-0.2, 0) is 0 Å². The zero-order chi connectivity index (χ0) is 10.6. The lowest BCUT2D eigenvalue weighted by atomic mass is 10.0. The fourth-order valence-electron chi connectivity index (χ4n) is 2.66. The molecule has 0 aromatic carbocycles. The van der Waals surface area contributed by atoms with E-state index in [0.717, 1.165) is 4.88 Å². The molecule has 0 spiro atoms. The second kappa shape index (κ2) is 2.83. The van der Waals surface area contributed by atoms with Crippen molar-refractivity contribution in [3.63, 3.8) is 0 Å². The first-order valence-corrected chi connectivity index (χ1v) is 5.98. The van der Waals surface area contributed by atoms with E-state index < -0.39 is 0 Å². The summed E-state index contributed by atoms with van der Waals surface area (Å²) in [5, 5.41) is 12.3. The first-order chi connectivity index (χ1) is 6.39. The zero-order valence-electron chi connectivity index (χ0n) is 9.24. The van der Waals surface area contributed by atoms with E-state index >= 15 is 0 Å². The summed E-state index contributed by atoms with van der Waals surface area (Å²) in [6.45, 7) is 8.98. The zero-order valence-corrected chi connectivity index (χ0v) is 10.1. The van der Waals surface area contributed by atoms with Crippen LogP contribution in [0, 0.1) is 16.7 Å². The third kappa shape index (κ3) is 1.17. The molecule has 0 aliphatic heterocycles. The third-order valence-electron chi connectivity index (χ3n) is 4.28. The molecule has 78 valence electrons. The van der Waals surface area contributed by atoms with Crippen molar-refractivity contribution in [2.75, 3.05) is 0 Å². The van der Waals surface area contributed by atoms with Crippen molar-refractivity contribution in [1.29, 1.82) is 0 Å². The van der Waals surface area contributed by atoms with Crippen LogP contribution >= 0.6 is 11.3 Å². The topological polar surface area (TPSA) is 20.2 Å². The van der Waals surface area contributed by atoms with Gasteiger partial charge < -0.3 is 5.11 Å². The summed E-state index contributed by atoms with van der Waals surface area (Å²) in [7, 11) is 0. The molecule has 0 bridgehead atoms. The van der Waals surface area contributed by atoms with Gasteiger partial charge in [-0.3, -0.25) is 0 Å². The second-order valence-corrected chi connectivity index (χ2v) is 6.36. The van der Waals surface area contributed by atoms with E-state index in [-0.39, 0.29) is 16.9 Å². The minimum absolute atomic E-state index is 0.260. The standard InChI is InChI=1S/C12H18OS/c1-11(2)10(12(11,3)4)9(13)8-6-5-7-14-8/h5-7,9-10,13H,1-4H3. The van der Waals surface area contributed by atoms with Gasteiger partial charge in [0, 0.05) is 10.8 Å². The van der Waals surface area contributed by atoms with Gasteiger partial charge in [-0.1, -0.05) is 33.8 Å². The van der Waals surface area contributed by atoms with Crippen LogP contribution in [-0.4, -0.2) is 5.11 Å². The molecular weight excluding hydrogens is 192 g/mol. The highest BCUT2D eigenvalue weighted by molar-refractivity contribution is 7.10. The molecule has 0 amide bonds. The molecule has 1 heterocycles. The molecule has 14 heavy (non-hydrogen) atoms. The molecule has 0 saturated heterocycles. The van der Waals surface area contributed by atoms with E-state index in [9.17, 15) is 5.11 Å². The van der Waals surface area contributed by atoms with Crippen LogP contribution in [0.5, 0.6) is 0 Å². The van der Waals surface area contributed by atoms with Crippen molar-refractivity contribution in [1.82, 2.24) is 0 Å². The highest BCUT2D eigenvalue weighted by Gasteiger charge is 2.67. The number of hydrogen-bond acceptors (Lipinski definition) is 2. The molecule has 1 fully saturated rings. The van der Waals surface area contributed by atoms with Gasteiger partial charge in [-0.2, -0.15) is 0 Å². The Kier molecular flexibility index (Phi) is 2.06. The van der Waals surface area contributed by atoms with Crippen LogP contribution in [0.3, 0.4) is 0 Å². The number of aliphatic hydroxyl groups is 1. The van der Waals surface area contributed by atoms with E-state index in [1.54, 1.807) is 11.3 Å². The Hall–Kier alpha value is -0.340. The maximum absolute atomic E-state index is 10.2. The summed E-state index contributed by atoms with van der Waals surface area (Å²) < 4.78 is 0. The molecule has 0 radical (unpaired) electrons. The molecule has 1 nitrogen and oxygen atoms in total. The van der Waals surface area contributed by atoms with Gasteiger partial charge >= 0.3 is 0 Å². The molecule has 1 saturated carbocycles. The number of thiophene rings is 1. The molecule has 1 aromatic heterocycles. The lowest BCUT2D eigenvalue weighted by molar-refractivity contribution is 0.134. The van der Waals surface area contributed by atoms with E-state index in [1.165, 1.54) is 0 Å². The van der Waals surface area contributed by atoms with Crippen molar-refractivity contribution in [2.24, 2.45) is 16.7 Å². The predicted molar refractivity (Wildman–Crippen MR) is 60.3 cm³/mol. The van der Waals surface area contributed by atoms with E-state index in [2.05, 4.69) is 27.7 Å². The molecule has 1 aliphatic carbocycles. The molecule has 2 rings (SSSR count). The third-order valence-corrected chi connectivity index (χ3v) is 5.23. The largest absolute Gasteiger partial charge is 0.387 e. The summed E-state index contributed by atoms with van der Waals surface area (Å²) in [5.74, 6) is 0.397. The number of hydrogen-bond donors (Lipinski definition) is 1. The van der Waals surface area contributed by atoms with Gasteiger partial charge in [0.05, 0.1) is 6.10 Å². The van der Waals surface area contributed by atoms with E-state index in [4.69, 9.17) is 0 Å². The Morgan fingerprint density at radius 2 is 1.86 bits per heavy atom. The molecule has 1 aromatic rings. The first kappa shape index (κ1) is 10.2. The number of rotatable bonds is 2. The first-order valence-electron chi connectivity index (χ1n) is 5.10. The average molecular weight is 210 g/mol. The highest BCUT2D eigenvalue weighted by atomic mass is 32.1. The molecule has 2 heteroatoms. The maximum atomic E-state index is 10.2. The summed E-state index contributed by atoms with van der Waals surface area (Å²) in [4.78, 5) is 1.11. The maximum Gasteiger partial charge on any atom is 0.0920 e. The molecule has 1 atom stereocenters.